The molecule has 14 nitrogen and oxygen atoms in total. The fraction of sp³-hybridized carbons (Fsp3) is 0.567. The molecule has 0 spiro atoms. The van der Waals surface area contributed by atoms with Crippen molar-refractivity contribution in [3.8, 4) is 0 Å². The summed E-state index contributed by atoms with van der Waals surface area (Å²) in [6, 6.07) is 0. The van der Waals surface area contributed by atoms with Crippen molar-refractivity contribution < 1.29 is 69.0 Å². The number of rotatable bonds is 45. The van der Waals surface area contributed by atoms with Crippen molar-refractivity contribution in [2.24, 2.45) is 0 Å². The molecule has 11 atom stereocenters. The molecule has 7 N–H and O–H groups in total. The maximum absolute atomic E-state index is 13.1. The van der Waals surface area contributed by atoms with Crippen molar-refractivity contribution in [1.82, 2.24) is 0 Å². The van der Waals surface area contributed by atoms with Crippen molar-refractivity contribution in [3.63, 3.8) is 0 Å². The molecule has 0 aliphatic carbocycles. The number of ether oxygens (including phenoxy) is 6. The summed E-state index contributed by atoms with van der Waals surface area (Å²) in [6.07, 6.45) is 61.3. The molecule has 0 aromatic rings. The normalized spacial score (nSPS) is 25.0. The molecule has 0 aromatic carbocycles. The largest absolute Gasteiger partial charge is 0.457 e. The standard InChI is InChI=1S/C67H102O14/c1-3-5-7-9-11-13-15-17-19-21-23-25-27-29-31-33-35-37-39-41-43-45-47-49-51-76-53-56(54-77-66-65(75)63(73)61(71)58(81-66)55-78-67-64(74)62(72)60(70)57(52-68)80-67)79-59(69)50-48-46-44-42-40-38-36-34-32-30-28-26-24-22-20-18-16-14-12-10-8-6-4-2/h5-8,11-14,17-20,23-26,29-32,35-38,41-44,56-58,60-68,70-75H,3-4,9-10,15-16,21-22,27-28,33-34,39-40,45-55H2,1-2H3/b7-5-,8-6-,13-11-,14-12-,19-17-,20-18-,25-23-,26-24-,31-29-,32-30-,37-35-,38-36-,43-41-,44-42-. The lowest BCUT2D eigenvalue weighted by atomic mass is 9.98. The number of carbonyl (C=O) groups is 1. The van der Waals surface area contributed by atoms with E-state index in [2.05, 4.69) is 178 Å². The zero-order valence-corrected chi connectivity index (χ0v) is 48.7. The monoisotopic (exact) mass is 1130 g/mol. The third kappa shape index (κ3) is 37.2. The zero-order valence-electron chi connectivity index (χ0n) is 48.7. The second-order valence-electron chi connectivity index (χ2n) is 19.7. The number of aliphatic hydroxyl groups excluding tert-OH is 7. The summed E-state index contributed by atoms with van der Waals surface area (Å²) in [5.74, 6) is -0.457. The molecule has 2 aliphatic rings. The van der Waals surface area contributed by atoms with Crippen LogP contribution in [0.25, 0.3) is 0 Å². The third-order valence-electron chi connectivity index (χ3n) is 12.7. The molecule has 2 heterocycles. The SMILES string of the molecule is CC/C=C\C/C=C\C/C=C\C/C=C\C/C=C\C/C=C\C/C=C\CCCCOCC(COC1OC(COC2OC(CO)C(O)C(O)C2O)C(O)C(O)C1O)OC(=O)CCC/C=C\C/C=C\C/C=C\C/C=C\C/C=C\C/C=C\C/C=C\CC. The first-order valence-corrected chi connectivity index (χ1v) is 29.7. The molecular weight excluding hydrogens is 1030 g/mol. The van der Waals surface area contributed by atoms with Crippen LogP contribution in [0.3, 0.4) is 0 Å². The summed E-state index contributed by atoms with van der Waals surface area (Å²) in [7, 11) is 0. The molecule has 14 heteroatoms. The Kier molecular flexibility index (Phi) is 45.6. The number of hydrogen-bond donors (Lipinski definition) is 7. The number of esters is 1. The van der Waals surface area contributed by atoms with E-state index < -0.39 is 86.7 Å². The van der Waals surface area contributed by atoms with E-state index in [0.29, 0.717) is 19.4 Å². The van der Waals surface area contributed by atoms with Gasteiger partial charge >= 0.3 is 5.97 Å². The van der Waals surface area contributed by atoms with Crippen LogP contribution in [-0.4, -0.2) is 142 Å². The minimum Gasteiger partial charge on any atom is -0.457 e. The van der Waals surface area contributed by atoms with E-state index in [-0.39, 0.29) is 19.6 Å². The highest BCUT2D eigenvalue weighted by molar-refractivity contribution is 5.69. The summed E-state index contributed by atoms with van der Waals surface area (Å²) < 4.78 is 34.3. The maximum atomic E-state index is 13.1. The first kappa shape index (κ1) is 72.5. The van der Waals surface area contributed by atoms with Crippen LogP contribution in [0, 0.1) is 0 Å². The molecule has 0 bridgehead atoms. The molecule has 454 valence electrons. The summed E-state index contributed by atoms with van der Waals surface area (Å²) in [5, 5.41) is 72.4. The van der Waals surface area contributed by atoms with Gasteiger partial charge in [0.1, 0.15) is 54.9 Å². The summed E-state index contributed by atoms with van der Waals surface area (Å²) in [5.41, 5.74) is 0. The number of carbonyl (C=O) groups excluding carboxylic acids is 1. The van der Waals surface area contributed by atoms with Gasteiger partial charge in [-0.2, -0.15) is 0 Å². The van der Waals surface area contributed by atoms with Crippen molar-refractivity contribution in [3.05, 3.63) is 170 Å². The van der Waals surface area contributed by atoms with Crippen molar-refractivity contribution in [2.75, 3.05) is 33.0 Å². The van der Waals surface area contributed by atoms with E-state index in [4.69, 9.17) is 28.4 Å². The van der Waals surface area contributed by atoms with Gasteiger partial charge in [0.05, 0.1) is 26.4 Å². The third-order valence-corrected chi connectivity index (χ3v) is 12.7. The van der Waals surface area contributed by atoms with E-state index in [9.17, 15) is 40.5 Å². The lowest BCUT2D eigenvalue weighted by molar-refractivity contribution is -0.332. The quantitative estimate of drug-likeness (QED) is 0.0172. The Morgan fingerprint density at radius 2 is 0.753 bits per heavy atom. The maximum Gasteiger partial charge on any atom is 0.306 e. The molecular formula is C67H102O14. The predicted octanol–water partition coefficient (Wildman–Crippen LogP) is 11.2. The predicted molar refractivity (Wildman–Crippen MR) is 325 cm³/mol. The second-order valence-corrected chi connectivity index (χ2v) is 19.7. The van der Waals surface area contributed by atoms with E-state index in [0.717, 1.165) is 109 Å². The number of allylic oxidation sites excluding steroid dienone is 28. The molecule has 0 saturated carbocycles. The first-order chi connectivity index (χ1) is 39.6. The average Bonchev–Trinajstić information content (AvgIpc) is 3.46. The molecule has 81 heavy (non-hydrogen) atoms. The van der Waals surface area contributed by atoms with Gasteiger partial charge in [0.2, 0.25) is 0 Å². The number of unbranched alkanes of at least 4 members (excludes halogenated alkanes) is 3. The Balaban J connectivity index is 1.78. The molecule has 0 aromatic heterocycles. The van der Waals surface area contributed by atoms with Crippen LogP contribution < -0.4 is 0 Å². The summed E-state index contributed by atoms with van der Waals surface area (Å²) in [6.45, 7) is 3.22. The van der Waals surface area contributed by atoms with Crippen LogP contribution in [-0.2, 0) is 33.2 Å². The summed E-state index contributed by atoms with van der Waals surface area (Å²) in [4.78, 5) is 13.1. The van der Waals surface area contributed by atoms with Crippen LogP contribution in [0.15, 0.2) is 170 Å². The van der Waals surface area contributed by atoms with Crippen LogP contribution in [0.4, 0.5) is 0 Å². The van der Waals surface area contributed by atoms with Gasteiger partial charge < -0.3 is 64.2 Å². The number of aliphatic hydroxyl groups is 7. The van der Waals surface area contributed by atoms with Gasteiger partial charge in [-0.1, -0.05) is 184 Å². The highest BCUT2D eigenvalue weighted by atomic mass is 16.7. The van der Waals surface area contributed by atoms with Crippen LogP contribution >= 0.6 is 0 Å². The Morgan fingerprint density at radius 3 is 1.15 bits per heavy atom. The Morgan fingerprint density at radius 1 is 0.407 bits per heavy atom. The molecule has 11 unspecified atom stereocenters. The lowest BCUT2D eigenvalue weighted by Gasteiger charge is -2.42. The van der Waals surface area contributed by atoms with E-state index in [1.165, 1.54) is 0 Å². The van der Waals surface area contributed by atoms with Gasteiger partial charge in [-0.25, -0.2) is 0 Å². The first-order valence-electron chi connectivity index (χ1n) is 29.7. The zero-order chi connectivity index (χ0) is 58.6. The second kappa shape index (κ2) is 51.0. The minimum atomic E-state index is -1.74. The molecule has 2 saturated heterocycles. The van der Waals surface area contributed by atoms with Crippen LogP contribution in [0.1, 0.15) is 142 Å². The minimum absolute atomic E-state index is 0.00619. The fourth-order valence-electron chi connectivity index (χ4n) is 8.02. The van der Waals surface area contributed by atoms with Gasteiger partial charge in [0.25, 0.3) is 0 Å². The highest BCUT2D eigenvalue weighted by Gasteiger charge is 2.47. The van der Waals surface area contributed by atoms with Gasteiger partial charge in [0.15, 0.2) is 12.6 Å². The van der Waals surface area contributed by atoms with Crippen LogP contribution in [0.5, 0.6) is 0 Å². The fourth-order valence-corrected chi connectivity index (χ4v) is 8.02. The number of hydrogen-bond acceptors (Lipinski definition) is 14. The van der Waals surface area contributed by atoms with Crippen molar-refractivity contribution >= 4 is 5.97 Å². The van der Waals surface area contributed by atoms with E-state index >= 15 is 0 Å². The highest BCUT2D eigenvalue weighted by Crippen LogP contribution is 2.26. The average molecular weight is 1130 g/mol. The Hall–Kier alpha value is -4.65. The molecule has 2 aliphatic heterocycles. The molecule has 0 radical (unpaired) electrons. The summed E-state index contributed by atoms with van der Waals surface area (Å²) >= 11 is 0. The molecule has 0 amide bonds. The van der Waals surface area contributed by atoms with Gasteiger partial charge in [-0.05, 0) is 122 Å². The molecule has 2 fully saturated rings. The van der Waals surface area contributed by atoms with Crippen LogP contribution in [0.2, 0.25) is 0 Å². The van der Waals surface area contributed by atoms with Gasteiger partial charge in [-0.3, -0.25) is 4.79 Å². The smallest absolute Gasteiger partial charge is 0.306 e. The Labute approximate surface area is 486 Å². The topological polar surface area (TPSA) is 214 Å². The van der Waals surface area contributed by atoms with E-state index in [1.807, 2.05) is 6.08 Å². The molecule has 2 rings (SSSR count). The van der Waals surface area contributed by atoms with E-state index in [1.54, 1.807) is 0 Å². The van der Waals surface area contributed by atoms with Crippen molar-refractivity contribution in [1.29, 1.82) is 0 Å². The lowest BCUT2D eigenvalue weighted by Crippen LogP contribution is -2.61. The van der Waals surface area contributed by atoms with Gasteiger partial charge in [0, 0.05) is 13.0 Å². The Bertz CT molecular complexity index is 1990. The van der Waals surface area contributed by atoms with Gasteiger partial charge in [-0.15, -0.1) is 0 Å². The van der Waals surface area contributed by atoms with Crippen molar-refractivity contribution in [2.45, 2.75) is 210 Å².